The van der Waals surface area contributed by atoms with Gasteiger partial charge in [0, 0.05) is 24.5 Å². The van der Waals surface area contributed by atoms with Crippen molar-refractivity contribution in [3.63, 3.8) is 0 Å². The van der Waals surface area contributed by atoms with Gasteiger partial charge < -0.3 is 15.0 Å². The zero-order chi connectivity index (χ0) is 14.5. The highest BCUT2D eigenvalue weighted by atomic mass is 32.1. The third-order valence-electron chi connectivity index (χ3n) is 3.47. The summed E-state index contributed by atoms with van der Waals surface area (Å²) in [5, 5.41) is 6.92. The van der Waals surface area contributed by atoms with Crippen molar-refractivity contribution in [1.29, 1.82) is 0 Å². The quantitative estimate of drug-likeness (QED) is 0.944. The number of hydrogen-bond donors (Lipinski definition) is 1. The van der Waals surface area contributed by atoms with E-state index in [-0.39, 0.29) is 5.91 Å². The van der Waals surface area contributed by atoms with Crippen LogP contribution < -0.4 is 10.2 Å². The van der Waals surface area contributed by atoms with Crippen LogP contribution in [0.15, 0.2) is 41.1 Å². The first kappa shape index (κ1) is 14.1. The predicted molar refractivity (Wildman–Crippen MR) is 86.1 cm³/mol. The van der Waals surface area contributed by atoms with Gasteiger partial charge in [0.25, 0.3) is 0 Å². The van der Waals surface area contributed by atoms with E-state index < -0.39 is 0 Å². The first-order valence-corrected chi connectivity index (χ1v) is 7.99. The summed E-state index contributed by atoms with van der Waals surface area (Å²) in [6, 6.07) is 9.98. The van der Waals surface area contributed by atoms with Crippen molar-refractivity contribution in [1.82, 2.24) is 0 Å². The molecule has 1 aromatic carbocycles. The molecule has 110 valence electrons. The Morgan fingerprint density at radius 3 is 2.62 bits per heavy atom. The lowest BCUT2D eigenvalue weighted by Crippen LogP contribution is -2.36. The number of nitrogens with zero attached hydrogens (tertiary/aromatic N) is 1. The molecule has 0 bridgehead atoms. The summed E-state index contributed by atoms with van der Waals surface area (Å²) >= 11 is 1.61. The molecule has 1 N–H and O–H groups in total. The summed E-state index contributed by atoms with van der Waals surface area (Å²) in [4.78, 5) is 14.2. The summed E-state index contributed by atoms with van der Waals surface area (Å²) in [5.41, 5.74) is 3.07. The molecule has 1 amide bonds. The normalized spacial score (nSPS) is 15.0. The van der Waals surface area contributed by atoms with Gasteiger partial charge in [-0.25, -0.2) is 0 Å². The molecule has 1 saturated heterocycles. The Balaban J connectivity index is 1.57. The Bertz CT molecular complexity index is 575. The van der Waals surface area contributed by atoms with E-state index in [1.54, 1.807) is 11.3 Å². The van der Waals surface area contributed by atoms with Crippen molar-refractivity contribution in [2.45, 2.75) is 6.42 Å². The number of morpholine rings is 1. The molecule has 0 radical (unpaired) electrons. The van der Waals surface area contributed by atoms with Gasteiger partial charge >= 0.3 is 0 Å². The van der Waals surface area contributed by atoms with E-state index >= 15 is 0 Å². The van der Waals surface area contributed by atoms with Crippen LogP contribution in [-0.2, 0) is 16.0 Å². The zero-order valence-electron chi connectivity index (χ0n) is 11.7. The molecule has 21 heavy (non-hydrogen) atoms. The van der Waals surface area contributed by atoms with E-state index in [0.717, 1.165) is 37.6 Å². The first-order valence-electron chi connectivity index (χ1n) is 7.05. The lowest BCUT2D eigenvalue weighted by Gasteiger charge is -2.28. The van der Waals surface area contributed by atoms with Crippen molar-refractivity contribution < 1.29 is 9.53 Å². The molecule has 3 rings (SSSR count). The maximum absolute atomic E-state index is 11.9. The summed E-state index contributed by atoms with van der Waals surface area (Å²) in [6.45, 7) is 3.39. The van der Waals surface area contributed by atoms with Crippen LogP contribution in [-0.4, -0.2) is 32.2 Å². The largest absolute Gasteiger partial charge is 0.378 e. The molecule has 1 aliphatic heterocycles. The highest BCUT2D eigenvalue weighted by molar-refractivity contribution is 7.08. The minimum atomic E-state index is 0.0209. The third-order valence-corrected chi connectivity index (χ3v) is 4.20. The fourth-order valence-electron chi connectivity index (χ4n) is 2.36. The van der Waals surface area contributed by atoms with Crippen LogP contribution in [0.3, 0.4) is 0 Å². The Labute approximate surface area is 128 Å². The molecule has 0 aliphatic carbocycles. The highest BCUT2D eigenvalue weighted by Crippen LogP contribution is 2.19. The molecule has 4 nitrogen and oxygen atoms in total. The Morgan fingerprint density at radius 1 is 1.19 bits per heavy atom. The molecule has 2 heterocycles. The minimum absolute atomic E-state index is 0.0209. The number of carbonyl (C=O) groups is 1. The molecule has 1 aromatic heterocycles. The van der Waals surface area contributed by atoms with Gasteiger partial charge in [-0.15, -0.1) is 0 Å². The van der Waals surface area contributed by atoms with Crippen LogP contribution in [0.25, 0.3) is 0 Å². The van der Waals surface area contributed by atoms with E-state index in [1.165, 1.54) is 5.69 Å². The molecule has 5 heteroatoms. The lowest BCUT2D eigenvalue weighted by molar-refractivity contribution is -0.115. The van der Waals surface area contributed by atoms with Gasteiger partial charge in [0.1, 0.15) is 0 Å². The second-order valence-corrected chi connectivity index (χ2v) is 5.78. The van der Waals surface area contributed by atoms with E-state index in [1.807, 2.05) is 41.1 Å². The van der Waals surface area contributed by atoms with Crippen molar-refractivity contribution in [3.05, 3.63) is 46.7 Å². The van der Waals surface area contributed by atoms with Crippen molar-refractivity contribution in [2.75, 3.05) is 36.5 Å². The predicted octanol–water partition coefficient (Wildman–Crippen LogP) is 2.77. The second kappa shape index (κ2) is 6.74. The molecular formula is C16H18N2O2S. The zero-order valence-corrected chi connectivity index (χ0v) is 12.6. The summed E-state index contributed by atoms with van der Waals surface area (Å²) < 4.78 is 5.35. The monoisotopic (exact) mass is 302 g/mol. The Morgan fingerprint density at radius 2 is 1.95 bits per heavy atom. The van der Waals surface area contributed by atoms with E-state index in [4.69, 9.17) is 4.74 Å². The number of rotatable bonds is 4. The van der Waals surface area contributed by atoms with Crippen LogP contribution in [0, 0.1) is 0 Å². The molecule has 1 fully saturated rings. The van der Waals surface area contributed by atoms with Crippen LogP contribution in [0.5, 0.6) is 0 Å². The number of nitrogens with one attached hydrogen (secondary N) is 1. The van der Waals surface area contributed by atoms with Crippen LogP contribution >= 0.6 is 11.3 Å². The Hall–Kier alpha value is -1.85. The first-order chi connectivity index (χ1) is 10.3. The maximum atomic E-state index is 11.9. The molecule has 1 aliphatic rings. The number of hydrogen-bond acceptors (Lipinski definition) is 4. The highest BCUT2D eigenvalue weighted by Gasteiger charge is 2.11. The average molecular weight is 302 g/mol. The van der Waals surface area contributed by atoms with E-state index in [0.29, 0.717) is 6.42 Å². The second-order valence-electron chi connectivity index (χ2n) is 5.00. The molecule has 0 unspecified atom stereocenters. The van der Waals surface area contributed by atoms with E-state index in [9.17, 15) is 4.79 Å². The SMILES string of the molecule is O=C(Cc1ccsc1)Nc1ccc(N2CCOCC2)cc1. The number of thiophene rings is 1. The van der Waals surface area contributed by atoms with Gasteiger partial charge in [0.2, 0.25) is 5.91 Å². The van der Waals surface area contributed by atoms with Crippen LogP contribution in [0.2, 0.25) is 0 Å². The van der Waals surface area contributed by atoms with Crippen molar-refractivity contribution in [3.8, 4) is 0 Å². The van der Waals surface area contributed by atoms with Crippen LogP contribution in [0.1, 0.15) is 5.56 Å². The molecule has 0 spiro atoms. The number of anilines is 2. The van der Waals surface area contributed by atoms with Crippen molar-refractivity contribution >= 4 is 28.6 Å². The molecule has 0 saturated carbocycles. The van der Waals surface area contributed by atoms with Gasteiger partial charge in [0.05, 0.1) is 19.6 Å². The van der Waals surface area contributed by atoms with Gasteiger partial charge in [-0.2, -0.15) is 11.3 Å². The summed E-state index contributed by atoms with van der Waals surface area (Å²) in [7, 11) is 0. The fraction of sp³-hybridized carbons (Fsp3) is 0.312. The van der Waals surface area contributed by atoms with Crippen molar-refractivity contribution in [2.24, 2.45) is 0 Å². The van der Waals surface area contributed by atoms with Gasteiger partial charge in [0.15, 0.2) is 0 Å². The molecule has 0 atom stereocenters. The topological polar surface area (TPSA) is 41.6 Å². The Kier molecular flexibility index (Phi) is 4.52. The lowest BCUT2D eigenvalue weighted by atomic mass is 10.2. The fourth-order valence-corrected chi connectivity index (χ4v) is 3.03. The smallest absolute Gasteiger partial charge is 0.228 e. The van der Waals surface area contributed by atoms with Gasteiger partial charge in [-0.05, 0) is 46.7 Å². The molecular weight excluding hydrogens is 284 g/mol. The summed E-state index contributed by atoms with van der Waals surface area (Å²) in [5.74, 6) is 0.0209. The average Bonchev–Trinajstić information content (AvgIpc) is 3.02. The number of amides is 1. The maximum Gasteiger partial charge on any atom is 0.228 e. The molecule has 2 aromatic rings. The number of carbonyl (C=O) groups excluding carboxylic acids is 1. The third kappa shape index (κ3) is 3.83. The summed E-state index contributed by atoms with van der Waals surface area (Å²) in [6.07, 6.45) is 0.425. The van der Waals surface area contributed by atoms with Crippen LogP contribution in [0.4, 0.5) is 11.4 Å². The van der Waals surface area contributed by atoms with E-state index in [2.05, 4.69) is 10.2 Å². The standard InChI is InChI=1S/C16H18N2O2S/c19-16(11-13-5-10-21-12-13)17-14-1-3-15(4-2-14)18-6-8-20-9-7-18/h1-5,10,12H,6-9,11H2,(H,17,19). The van der Waals surface area contributed by atoms with Gasteiger partial charge in [-0.1, -0.05) is 0 Å². The number of ether oxygens (including phenoxy) is 1. The number of benzene rings is 1. The minimum Gasteiger partial charge on any atom is -0.378 e. The van der Waals surface area contributed by atoms with Gasteiger partial charge in [-0.3, -0.25) is 4.79 Å².